The Morgan fingerprint density at radius 1 is 1.09 bits per heavy atom. The zero-order valence-corrected chi connectivity index (χ0v) is 20.3. The molecule has 2 saturated heterocycles. The average molecular weight is 480 g/mol. The molecule has 1 aromatic rings. The molecule has 9 nitrogen and oxygen atoms in total. The topological polar surface area (TPSA) is 104 Å². The highest BCUT2D eigenvalue weighted by Crippen LogP contribution is 2.22. The maximum absolute atomic E-state index is 13.1. The monoisotopic (exact) mass is 479 g/mol. The molecule has 1 aromatic carbocycles. The lowest BCUT2D eigenvalue weighted by Crippen LogP contribution is -2.49. The summed E-state index contributed by atoms with van der Waals surface area (Å²) in [6, 6.07) is 5.82. The van der Waals surface area contributed by atoms with Crippen LogP contribution in [0.4, 0.5) is 0 Å². The Labute approximate surface area is 195 Å². The predicted octanol–water partition coefficient (Wildman–Crippen LogP) is 1.88. The van der Waals surface area contributed by atoms with E-state index >= 15 is 0 Å². The SMILES string of the molecule is CCC1CCCCN1C(=O)C(C)OC(=O)c1cccc(S(=O)(=O)N2CCN(C(C)=O)CC2)c1. The molecule has 0 saturated carbocycles. The molecule has 0 spiro atoms. The van der Waals surface area contributed by atoms with Crippen LogP contribution in [0, 0.1) is 0 Å². The minimum atomic E-state index is -3.83. The number of nitrogens with zero attached hydrogens (tertiary/aromatic N) is 3. The molecule has 0 N–H and O–H groups in total. The van der Waals surface area contributed by atoms with E-state index in [-0.39, 0.29) is 41.4 Å². The van der Waals surface area contributed by atoms with Gasteiger partial charge in [0.05, 0.1) is 10.5 Å². The number of amides is 2. The Balaban J connectivity index is 1.68. The standard InChI is InChI=1S/C23H33N3O6S/c1-4-20-9-5-6-11-26(20)22(28)17(2)32-23(29)19-8-7-10-21(16-19)33(30,31)25-14-12-24(13-15-25)18(3)27/h7-8,10,16-17,20H,4-6,9,11-15H2,1-3H3. The summed E-state index contributed by atoms with van der Waals surface area (Å²) in [6.45, 7) is 6.74. The van der Waals surface area contributed by atoms with Crippen LogP contribution in [-0.2, 0) is 24.3 Å². The van der Waals surface area contributed by atoms with Crippen LogP contribution < -0.4 is 0 Å². The normalized spacial score (nSPS) is 20.9. The van der Waals surface area contributed by atoms with Crippen molar-refractivity contribution in [1.82, 2.24) is 14.1 Å². The van der Waals surface area contributed by atoms with Crippen LogP contribution in [0.5, 0.6) is 0 Å². The van der Waals surface area contributed by atoms with Crippen LogP contribution in [0.2, 0.25) is 0 Å². The fraction of sp³-hybridized carbons (Fsp3) is 0.609. The van der Waals surface area contributed by atoms with Gasteiger partial charge in [0, 0.05) is 45.7 Å². The summed E-state index contributed by atoms with van der Waals surface area (Å²) in [5.41, 5.74) is 0.0729. The van der Waals surface area contributed by atoms with Gasteiger partial charge in [-0.2, -0.15) is 4.31 Å². The van der Waals surface area contributed by atoms with E-state index < -0.39 is 22.1 Å². The maximum atomic E-state index is 13.1. The van der Waals surface area contributed by atoms with Crippen LogP contribution in [0.1, 0.15) is 56.8 Å². The van der Waals surface area contributed by atoms with Gasteiger partial charge in [0.1, 0.15) is 0 Å². The summed E-state index contributed by atoms with van der Waals surface area (Å²) in [4.78, 5) is 40.5. The van der Waals surface area contributed by atoms with E-state index in [1.54, 1.807) is 16.7 Å². The van der Waals surface area contributed by atoms with Crippen LogP contribution in [0.15, 0.2) is 29.2 Å². The van der Waals surface area contributed by atoms with Crippen molar-refractivity contribution in [2.45, 2.75) is 63.5 Å². The average Bonchev–Trinajstić information content (AvgIpc) is 2.83. The minimum absolute atomic E-state index is 0.0192. The van der Waals surface area contributed by atoms with Crippen molar-refractivity contribution < 1.29 is 27.5 Å². The molecule has 2 amide bonds. The number of sulfonamides is 1. The van der Waals surface area contributed by atoms with Gasteiger partial charge in [-0.15, -0.1) is 0 Å². The Morgan fingerprint density at radius 3 is 2.42 bits per heavy atom. The fourth-order valence-electron chi connectivity index (χ4n) is 4.40. The molecular weight excluding hydrogens is 446 g/mol. The van der Waals surface area contributed by atoms with Crippen molar-refractivity contribution in [3.05, 3.63) is 29.8 Å². The molecule has 2 atom stereocenters. The quantitative estimate of drug-likeness (QED) is 0.577. The first-order valence-corrected chi connectivity index (χ1v) is 13.0. The van der Waals surface area contributed by atoms with E-state index in [9.17, 15) is 22.8 Å². The molecule has 0 aromatic heterocycles. The second kappa shape index (κ2) is 10.6. The second-order valence-electron chi connectivity index (χ2n) is 8.58. The van der Waals surface area contributed by atoms with E-state index in [1.807, 2.05) is 6.92 Å². The predicted molar refractivity (Wildman–Crippen MR) is 122 cm³/mol. The molecule has 2 fully saturated rings. The molecule has 0 radical (unpaired) electrons. The first-order chi connectivity index (χ1) is 15.6. The number of likely N-dealkylation sites (tertiary alicyclic amines) is 1. The van der Waals surface area contributed by atoms with Crippen molar-refractivity contribution >= 4 is 27.8 Å². The highest BCUT2D eigenvalue weighted by molar-refractivity contribution is 7.89. The molecule has 3 rings (SSSR count). The summed E-state index contributed by atoms with van der Waals surface area (Å²) in [5.74, 6) is -1.04. The van der Waals surface area contributed by atoms with E-state index in [1.165, 1.54) is 35.5 Å². The van der Waals surface area contributed by atoms with Gasteiger partial charge < -0.3 is 14.5 Å². The third kappa shape index (κ3) is 5.73. The second-order valence-corrected chi connectivity index (χ2v) is 10.5. The van der Waals surface area contributed by atoms with Crippen LogP contribution in [0.3, 0.4) is 0 Å². The number of esters is 1. The number of piperidine rings is 1. The molecule has 33 heavy (non-hydrogen) atoms. The lowest BCUT2D eigenvalue weighted by molar-refractivity contribution is -0.143. The van der Waals surface area contributed by atoms with Gasteiger partial charge >= 0.3 is 5.97 Å². The highest BCUT2D eigenvalue weighted by Gasteiger charge is 2.32. The summed E-state index contributed by atoms with van der Waals surface area (Å²) in [6.07, 6.45) is 2.87. The summed E-state index contributed by atoms with van der Waals surface area (Å²) in [7, 11) is -3.83. The van der Waals surface area contributed by atoms with E-state index in [4.69, 9.17) is 4.74 Å². The van der Waals surface area contributed by atoms with Crippen LogP contribution in [-0.4, -0.2) is 85.2 Å². The summed E-state index contributed by atoms with van der Waals surface area (Å²) >= 11 is 0. The zero-order valence-electron chi connectivity index (χ0n) is 19.5. The highest BCUT2D eigenvalue weighted by atomic mass is 32.2. The first kappa shape index (κ1) is 25.2. The largest absolute Gasteiger partial charge is 0.449 e. The lowest BCUT2D eigenvalue weighted by atomic mass is 9.99. The molecule has 2 aliphatic rings. The van der Waals surface area contributed by atoms with Gasteiger partial charge in [-0.25, -0.2) is 13.2 Å². The number of carbonyl (C=O) groups is 3. The van der Waals surface area contributed by atoms with E-state index in [0.717, 1.165) is 25.7 Å². The lowest BCUT2D eigenvalue weighted by Gasteiger charge is -2.36. The van der Waals surface area contributed by atoms with Gasteiger partial charge in [-0.1, -0.05) is 13.0 Å². The molecular formula is C23H33N3O6S. The fourth-order valence-corrected chi connectivity index (χ4v) is 5.87. The number of hydrogen-bond acceptors (Lipinski definition) is 6. The van der Waals surface area contributed by atoms with Gasteiger partial charge in [-0.3, -0.25) is 9.59 Å². The van der Waals surface area contributed by atoms with E-state index in [0.29, 0.717) is 19.6 Å². The Morgan fingerprint density at radius 2 is 1.79 bits per heavy atom. The van der Waals surface area contributed by atoms with Gasteiger partial charge in [0.2, 0.25) is 15.9 Å². The maximum Gasteiger partial charge on any atom is 0.338 e. The van der Waals surface area contributed by atoms with Gasteiger partial charge in [-0.05, 0) is 50.8 Å². The number of benzene rings is 1. The van der Waals surface area contributed by atoms with Crippen molar-refractivity contribution in [1.29, 1.82) is 0 Å². The Hall–Kier alpha value is -2.46. The van der Waals surface area contributed by atoms with Crippen molar-refractivity contribution in [3.8, 4) is 0 Å². The number of ether oxygens (including phenoxy) is 1. The van der Waals surface area contributed by atoms with Gasteiger partial charge in [0.25, 0.3) is 5.91 Å². The molecule has 2 unspecified atom stereocenters. The van der Waals surface area contributed by atoms with Crippen LogP contribution >= 0.6 is 0 Å². The molecule has 2 heterocycles. The Bertz CT molecular complexity index is 988. The minimum Gasteiger partial charge on any atom is -0.449 e. The molecule has 0 bridgehead atoms. The van der Waals surface area contributed by atoms with Crippen molar-refractivity contribution in [2.24, 2.45) is 0 Å². The number of carbonyl (C=O) groups excluding carboxylic acids is 3. The van der Waals surface area contributed by atoms with Gasteiger partial charge in [0.15, 0.2) is 6.10 Å². The van der Waals surface area contributed by atoms with Crippen molar-refractivity contribution in [3.63, 3.8) is 0 Å². The molecule has 10 heteroatoms. The number of piperazine rings is 1. The summed E-state index contributed by atoms with van der Waals surface area (Å²) in [5, 5.41) is 0. The summed E-state index contributed by atoms with van der Waals surface area (Å²) < 4.78 is 32.8. The molecule has 0 aliphatic carbocycles. The third-order valence-electron chi connectivity index (χ3n) is 6.40. The van der Waals surface area contributed by atoms with E-state index in [2.05, 4.69) is 0 Å². The first-order valence-electron chi connectivity index (χ1n) is 11.5. The molecule has 2 aliphatic heterocycles. The smallest absolute Gasteiger partial charge is 0.338 e. The van der Waals surface area contributed by atoms with Crippen LogP contribution in [0.25, 0.3) is 0 Å². The Kier molecular flexibility index (Phi) is 8.12. The molecule has 182 valence electrons. The van der Waals surface area contributed by atoms with Crippen molar-refractivity contribution in [2.75, 3.05) is 32.7 Å². The zero-order chi connectivity index (χ0) is 24.2. The number of hydrogen-bond donors (Lipinski definition) is 0. The number of rotatable bonds is 6. The third-order valence-corrected chi connectivity index (χ3v) is 8.30.